The lowest BCUT2D eigenvalue weighted by Crippen LogP contribution is -2.31. The minimum absolute atomic E-state index is 0.00541. The number of thiazole rings is 1. The third-order valence-electron chi connectivity index (χ3n) is 6.87. The zero-order valence-electron chi connectivity index (χ0n) is 20.7. The molecule has 2 aliphatic heterocycles. The first-order chi connectivity index (χ1) is 18.9. The van der Waals surface area contributed by atoms with Gasteiger partial charge in [0.2, 0.25) is 0 Å². The van der Waals surface area contributed by atoms with Gasteiger partial charge in [0, 0.05) is 67.6 Å². The number of halogens is 6. The van der Waals surface area contributed by atoms with E-state index in [1.807, 2.05) is 11.4 Å². The average molecular weight is 588 g/mol. The number of nitrogens with one attached hydrogen (secondary N) is 2. The van der Waals surface area contributed by atoms with Crippen LogP contribution in [0.3, 0.4) is 0 Å². The van der Waals surface area contributed by atoms with Crippen LogP contribution in [-0.4, -0.2) is 37.7 Å². The first-order valence-electron chi connectivity index (χ1n) is 12.2. The summed E-state index contributed by atoms with van der Waals surface area (Å²) in [4.78, 5) is 17.5. The summed E-state index contributed by atoms with van der Waals surface area (Å²) in [6, 6.07) is 4.98. The number of aromatic nitrogens is 3. The van der Waals surface area contributed by atoms with Crippen LogP contribution in [0.25, 0.3) is 6.20 Å². The fourth-order valence-corrected chi connectivity index (χ4v) is 5.81. The molecule has 5 rings (SSSR count). The summed E-state index contributed by atoms with van der Waals surface area (Å²) in [5.41, 5.74) is -0.813. The van der Waals surface area contributed by atoms with Crippen molar-refractivity contribution in [3.05, 3.63) is 79.2 Å². The predicted molar refractivity (Wildman–Crippen MR) is 133 cm³/mol. The summed E-state index contributed by atoms with van der Waals surface area (Å²) >= 11 is 1.49. The maximum atomic E-state index is 13.2. The Kier molecular flexibility index (Phi) is 7.58. The predicted octanol–water partition coefficient (Wildman–Crippen LogP) is 5.48. The molecule has 2 aromatic heterocycles. The van der Waals surface area contributed by atoms with E-state index in [2.05, 4.69) is 15.7 Å². The number of rotatable bonds is 5. The van der Waals surface area contributed by atoms with Gasteiger partial charge in [-0.1, -0.05) is 12.1 Å². The van der Waals surface area contributed by atoms with Crippen molar-refractivity contribution >= 4 is 23.2 Å². The van der Waals surface area contributed by atoms with Crippen LogP contribution in [-0.2, 0) is 25.4 Å². The molecule has 0 radical (unpaired) electrons. The van der Waals surface area contributed by atoms with Crippen LogP contribution >= 0.6 is 11.3 Å². The first-order valence-corrected chi connectivity index (χ1v) is 13.1. The van der Waals surface area contributed by atoms with E-state index in [4.69, 9.17) is 4.98 Å². The molecule has 1 atom stereocenters. The molecule has 2 N–H and O–H groups in total. The number of nitro groups is 1. The maximum absolute atomic E-state index is 13.2. The van der Waals surface area contributed by atoms with Crippen molar-refractivity contribution in [1.82, 2.24) is 30.3 Å². The minimum atomic E-state index is -4.99. The smallest absolute Gasteiger partial charge is 0.376 e. The van der Waals surface area contributed by atoms with Gasteiger partial charge < -0.3 is 4.90 Å². The summed E-state index contributed by atoms with van der Waals surface area (Å²) in [6.45, 7) is 1.69. The molecular formula is C24H23F6N7O2S. The number of nitrogens with zero attached hydrogens (tertiary/aromatic N) is 5. The molecule has 1 saturated heterocycles. The monoisotopic (exact) mass is 587 g/mol. The van der Waals surface area contributed by atoms with Crippen LogP contribution in [0.4, 0.5) is 32.0 Å². The Bertz CT molecular complexity index is 1410. The van der Waals surface area contributed by atoms with E-state index in [0.29, 0.717) is 44.6 Å². The molecule has 16 heteroatoms. The normalized spacial score (nSPS) is 19.1. The molecule has 0 amide bonds. The summed E-state index contributed by atoms with van der Waals surface area (Å²) in [6.07, 6.45) is -6.77. The fraction of sp³-hybridized carbons (Fsp3) is 0.417. The Morgan fingerprint density at radius 2 is 1.77 bits per heavy atom. The Hall–Kier alpha value is -3.50. The maximum Gasteiger partial charge on any atom is 0.435 e. The Labute approximate surface area is 227 Å². The van der Waals surface area contributed by atoms with Gasteiger partial charge in [-0.15, -0.1) is 11.3 Å². The Morgan fingerprint density at radius 1 is 1.05 bits per heavy atom. The van der Waals surface area contributed by atoms with Crippen molar-refractivity contribution in [2.24, 2.45) is 0 Å². The summed E-state index contributed by atoms with van der Waals surface area (Å²) in [5.74, 6) is 0.111. The van der Waals surface area contributed by atoms with Crippen LogP contribution < -0.4 is 10.6 Å². The zero-order chi connectivity index (χ0) is 28.7. The zero-order valence-corrected chi connectivity index (χ0v) is 21.5. The number of hydrogen-bond acceptors (Lipinski definition) is 8. The first kappa shape index (κ1) is 28.0. The molecule has 9 nitrogen and oxygen atoms in total. The van der Waals surface area contributed by atoms with E-state index in [1.54, 1.807) is 11.0 Å². The molecule has 1 aromatic carbocycles. The molecule has 1 fully saturated rings. The number of benzene rings is 1. The van der Waals surface area contributed by atoms with Crippen LogP contribution in [0.2, 0.25) is 0 Å². The number of alkyl halides is 6. The second-order valence-electron chi connectivity index (χ2n) is 9.44. The molecule has 3 aromatic rings. The molecule has 1 unspecified atom stereocenters. The van der Waals surface area contributed by atoms with Gasteiger partial charge in [0.1, 0.15) is 11.9 Å². The molecule has 0 saturated carbocycles. The largest absolute Gasteiger partial charge is 0.435 e. The van der Waals surface area contributed by atoms with Crippen molar-refractivity contribution < 1.29 is 31.3 Å². The topological polar surface area (TPSA) is 101 Å². The lowest BCUT2D eigenvalue weighted by atomic mass is 9.98. The molecule has 2 aliphatic rings. The van der Waals surface area contributed by atoms with Gasteiger partial charge >= 0.3 is 12.4 Å². The third kappa shape index (κ3) is 5.97. The van der Waals surface area contributed by atoms with E-state index in [0.717, 1.165) is 22.5 Å². The summed E-state index contributed by atoms with van der Waals surface area (Å²) in [7, 11) is 0. The highest BCUT2D eigenvalue weighted by Crippen LogP contribution is 2.36. The van der Waals surface area contributed by atoms with Gasteiger partial charge in [-0.2, -0.15) is 31.4 Å². The van der Waals surface area contributed by atoms with Gasteiger partial charge in [-0.25, -0.2) is 9.67 Å². The van der Waals surface area contributed by atoms with E-state index >= 15 is 0 Å². The van der Waals surface area contributed by atoms with Gasteiger partial charge in [-0.05, 0) is 18.4 Å². The van der Waals surface area contributed by atoms with Crippen molar-refractivity contribution in [1.29, 1.82) is 0 Å². The number of piperidine rings is 1. The van der Waals surface area contributed by atoms with Crippen molar-refractivity contribution in [2.75, 3.05) is 13.1 Å². The molecule has 0 spiro atoms. The van der Waals surface area contributed by atoms with Crippen LogP contribution in [0.5, 0.6) is 0 Å². The van der Waals surface area contributed by atoms with Crippen molar-refractivity contribution in [3.63, 3.8) is 0 Å². The summed E-state index contributed by atoms with van der Waals surface area (Å²) in [5, 5.41) is 23.9. The number of fused-ring (bicyclic) bond motifs is 1. The molecule has 0 aliphatic carbocycles. The lowest BCUT2D eigenvalue weighted by molar-refractivity contribution is -0.385. The standard InChI is InChI=1S/C24H23F6N7O2S/c25-23(26,27)19-10-20(24(28,29)30)36(34-19)9-8-35-6-4-14(5-7-35)22-33-17(13-40-22)21-31-11-15-2-1-3-18(37(38)39)16(15)12-32-21/h1-3,8-10,13-14,21,31-32H,4-7,11-12H2. The third-order valence-corrected chi connectivity index (χ3v) is 7.90. The molecule has 0 bridgehead atoms. The lowest BCUT2D eigenvalue weighted by Gasteiger charge is -2.30. The quantitative estimate of drug-likeness (QED) is 0.232. The van der Waals surface area contributed by atoms with Gasteiger partial charge in [0.05, 0.1) is 15.6 Å². The number of nitro benzene ring substituents is 1. The Balaban J connectivity index is 1.20. The minimum Gasteiger partial charge on any atom is -0.376 e. The highest BCUT2D eigenvalue weighted by Gasteiger charge is 2.41. The fourth-order valence-electron chi connectivity index (χ4n) is 4.79. The van der Waals surface area contributed by atoms with Crippen molar-refractivity contribution in [2.45, 2.75) is 50.4 Å². The molecule has 214 valence electrons. The summed E-state index contributed by atoms with van der Waals surface area (Å²) < 4.78 is 78.6. The highest BCUT2D eigenvalue weighted by atomic mass is 32.1. The van der Waals surface area contributed by atoms with Crippen LogP contribution in [0.1, 0.15) is 58.1 Å². The highest BCUT2D eigenvalue weighted by molar-refractivity contribution is 7.09. The van der Waals surface area contributed by atoms with Gasteiger partial charge in [-0.3, -0.25) is 20.7 Å². The molecular weight excluding hydrogens is 564 g/mol. The molecule has 40 heavy (non-hydrogen) atoms. The SMILES string of the molecule is O=[N+]([O-])c1cccc2c1CNC(c1csc(C3CCN(C=Cn4nc(C(F)(F)F)cc4C(F)(F)F)CC3)n1)NC2. The van der Waals surface area contributed by atoms with E-state index in [-0.39, 0.29) is 28.5 Å². The number of likely N-dealkylation sites (tertiary alicyclic amines) is 1. The van der Waals surface area contributed by atoms with Gasteiger partial charge in [0.15, 0.2) is 5.69 Å². The van der Waals surface area contributed by atoms with Gasteiger partial charge in [0.25, 0.3) is 5.69 Å². The van der Waals surface area contributed by atoms with Crippen LogP contribution in [0.15, 0.2) is 35.8 Å². The second kappa shape index (κ2) is 10.8. The molecule has 4 heterocycles. The average Bonchev–Trinajstić information content (AvgIpc) is 3.51. The van der Waals surface area contributed by atoms with E-state index in [9.17, 15) is 36.5 Å². The van der Waals surface area contributed by atoms with Crippen molar-refractivity contribution in [3.8, 4) is 0 Å². The van der Waals surface area contributed by atoms with E-state index in [1.165, 1.54) is 23.6 Å². The van der Waals surface area contributed by atoms with E-state index < -0.39 is 28.7 Å². The Morgan fingerprint density at radius 3 is 2.45 bits per heavy atom. The number of hydrogen-bond donors (Lipinski definition) is 2. The second-order valence-corrected chi connectivity index (χ2v) is 10.3. The van der Waals surface area contributed by atoms with Crippen LogP contribution in [0, 0.1) is 10.1 Å².